The van der Waals surface area contributed by atoms with Crippen molar-refractivity contribution in [3.63, 3.8) is 0 Å². The van der Waals surface area contributed by atoms with Crippen molar-refractivity contribution in [2.75, 3.05) is 13.1 Å². The van der Waals surface area contributed by atoms with Crippen LogP contribution in [0.5, 0.6) is 0 Å². The first-order chi connectivity index (χ1) is 6.75. The summed E-state index contributed by atoms with van der Waals surface area (Å²) in [5.41, 5.74) is 0. The van der Waals surface area contributed by atoms with E-state index in [0.29, 0.717) is 17.9 Å². The Bertz CT molecular complexity index is 213. The maximum Gasteiger partial charge on any atom is 0.223 e. The molecular formula is C11H20N2O. The molecule has 1 amide bonds. The van der Waals surface area contributed by atoms with Crippen molar-refractivity contribution in [3.05, 3.63) is 0 Å². The summed E-state index contributed by atoms with van der Waals surface area (Å²) >= 11 is 0. The molecular weight excluding hydrogens is 176 g/mol. The van der Waals surface area contributed by atoms with Crippen LogP contribution in [0.4, 0.5) is 0 Å². The van der Waals surface area contributed by atoms with Crippen LogP contribution in [0.2, 0.25) is 0 Å². The van der Waals surface area contributed by atoms with Crippen molar-refractivity contribution in [1.82, 2.24) is 10.6 Å². The van der Waals surface area contributed by atoms with Crippen LogP contribution in [0, 0.1) is 11.8 Å². The third-order valence-corrected chi connectivity index (χ3v) is 3.39. The lowest BCUT2D eigenvalue weighted by Gasteiger charge is -2.31. The molecule has 14 heavy (non-hydrogen) atoms. The van der Waals surface area contributed by atoms with Crippen LogP contribution in [-0.4, -0.2) is 25.0 Å². The maximum absolute atomic E-state index is 11.7. The number of hydrogen-bond donors (Lipinski definition) is 2. The molecule has 0 bridgehead atoms. The molecule has 2 rings (SSSR count). The van der Waals surface area contributed by atoms with Gasteiger partial charge in [0, 0.05) is 18.5 Å². The van der Waals surface area contributed by atoms with Gasteiger partial charge in [0.15, 0.2) is 0 Å². The van der Waals surface area contributed by atoms with Gasteiger partial charge in [-0.25, -0.2) is 0 Å². The number of carbonyl (C=O) groups excluding carboxylic acids is 1. The fraction of sp³-hybridized carbons (Fsp3) is 0.909. The van der Waals surface area contributed by atoms with Crippen molar-refractivity contribution in [1.29, 1.82) is 0 Å². The van der Waals surface area contributed by atoms with Gasteiger partial charge in [-0.05, 0) is 31.7 Å². The Morgan fingerprint density at radius 3 is 2.71 bits per heavy atom. The minimum Gasteiger partial charge on any atom is -0.352 e. The molecule has 2 unspecified atom stereocenters. The highest BCUT2D eigenvalue weighted by molar-refractivity contribution is 5.79. The highest BCUT2D eigenvalue weighted by Gasteiger charge is 2.28. The van der Waals surface area contributed by atoms with Gasteiger partial charge in [0.1, 0.15) is 0 Å². The molecule has 1 saturated heterocycles. The number of amides is 1. The van der Waals surface area contributed by atoms with E-state index in [1.54, 1.807) is 0 Å². The lowest BCUT2D eigenvalue weighted by atomic mass is 9.84. The summed E-state index contributed by atoms with van der Waals surface area (Å²) < 4.78 is 0. The lowest BCUT2D eigenvalue weighted by molar-refractivity contribution is -0.128. The Morgan fingerprint density at radius 2 is 2.14 bits per heavy atom. The molecule has 0 spiro atoms. The molecule has 1 saturated carbocycles. The first-order valence-corrected chi connectivity index (χ1v) is 5.77. The van der Waals surface area contributed by atoms with Gasteiger partial charge in [0.25, 0.3) is 0 Å². The summed E-state index contributed by atoms with van der Waals surface area (Å²) in [6.07, 6.45) is 4.56. The third-order valence-electron chi connectivity index (χ3n) is 3.39. The van der Waals surface area contributed by atoms with Crippen LogP contribution < -0.4 is 10.6 Å². The number of nitrogens with one attached hydrogen (secondary N) is 2. The Hall–Kier alpha value is -0.570. The zero-order valence-electron chi connectivity index (χ0n) is 8.88. The number of hydrogen-bond acceptors (Lipinski definition) is 2. The Morgan fingerprint density at radius 1 is 1.36 bits per heavy atom. The van der Waals surface area contributed by atoms with E-state index < -0.39 is 0 Å². The first-order valence-electron chi connectivity index (χ1n) is 5.77. The topological polar surface area (TPSA) is 41.1 Å². The quantitative estimate of drug-likeness (QED) is 0.689. The smallest absolute Gasteiger partial charge is 0.223 e. The van der Waals surface area contributed by atoms with E-state index in [1.807, 2.05) is 0 Å². The minimum atomic E-state index is 0.289. The van der Waals surface area contributed by atoms with E-state index >= 15 is 0 Å². The number of rotatable bonds is 2. The summed E-state index contributed by atoms with van der Waals surface area (Å²) in [4.78, 5) is 11.7. The maximum atomic E-state index is 11.7. The van der Waals surface area contributed by atoms with Crippen LogP contribution in [0.1, 0.15) is 32.6 Å². The van der Waals surface area contributed by atoms with Gasteiger partial charge in [0.05, 0.1) is 0 Å². The number of carbonyl (C=O) groups is 1. The first kappa shape index (κ1) is 9.97. The van der Waals surface area contributed by atoms with E-state index in [-0.39, 0.29) is 5.91 Å². The largest absolute Gasteiger partial charge is 0.352 e. The van der Waals surface area contributed by atoms with Crippen LogP contribution in [0.15, 0.2) is 0 Å². The molecule has 2 atom stereocenters. The van der Waals surface area contributed by atoms with Gasteiger partial charge in [-0.15, -0.1) is 0 Å². The highest BCUT2D eigenvalue weighted by atomic mass is 16.2. The molecule has 2 N–H and O–H groups in total. The summed E-state index contributed by atoms with van der Waals surface area (Å²) in [5, 5.41) is 6.50. The molecule has 1 heterocycles. The van der Waals surface area contributed by atoms with E-state index in [2.05, 4.69) is 17.6 Å². The monoisotopic (exact) mass is 196 g/mol. The second kappa shape index (κ2) is 4.30. The summed E-state index contributed by atoms with van der Waals surface area (Å²) in [6.45, 7) is 4.27. The Balaban J connectivity index is 1.75. The van der Waals surface area contributed by atoms with Crippen LogP contribution in [0.3, 0.4) is 0 Å². The second-order valence-electron chi connectivity index (χ2n) is 4.83. The molecule has 0 aromatic rings. The van der Waals surface area contributed by atoms with E-state index in [0.717, 1.165) is 32.4 Å². The zero-order chi connectivity index (χ0) is 9.97. The van der Waals surface area contributed by atoms with Crippen molar-refractivity contribution in [3.8, 4) is 0 Å². The van der Waals surface area contributed by atoms with Crippen molar-refractivity contribution < 1.29 is 4.79 Å². The highest BCUT2D eigenvalue weighted by Crippen LogP contribution is 2.26. The van der Waals surface area contributed by atoms with Crippen LogP contribution in [-0.2, 0) is 4.79 Å². The molecule has 3 heteroatoms. The van der Waals surface area contributed by atoms with E-state index in [4.69, 9.17) is 0 Å². The predicted molar refractivity (Wildman–Crippen MR) is 55.9 cm³/mol. The molecule has 2 aliphatic rings. The minimum absolute atomic E-state index is 0.289. The number of piperidine rings is 1. The van der Waals surface area contributed by atoms with Gasteiger partial charge >= 0.3 is 0 Å². The average Bonchev–Trinajstić information content (AvgIpc) is 1.99. The van der Waals surface area contributed by atoms with Crippen molar-refractivity contribution in [2.45, 2.75) is 38.6 Å². The third kappa shape index (κ3) is 2.27. The van der Waals surface area contributed by atoms with Gasteiger partial charge in [-0.2, -0.15) is 0 Å². The molecule has 3 nitrogen and oxygen atoms in total. The molecule has 0 radical (unpaired) electrons. The normalized spacial score (nSPS) is 33.5. The zero-order valence-corrected chi connectivity index (χ0v) is 8.88. The fourth-order valence-electron chi connectivity index (χ4n) is 2.26. The van der Waals surface area contributed by atoms with Gasteiger partial charge < -0.3 is 10.6 Å². The lowest BCUT2D eigenvalue weighted by Crippen LogP contribution is -2.50. The van der Waals surface area contributed by atoms with E-state index in [9.17, 15) is 4.79 Å². The SMILES string of the molecule is CC1CNCC(NC(=O)C2CCC2)C1. The Labute approximate surface area is 85.6 Å². The summed E-state index contributed by atoms with van der Waals surface area (Å²) in [5.74, 6) is 1.31. The van der Waals surface area contributed by atoms with Crippen molar-refractivity contribution in [2.24, 2.45) is 11.8 Å². The molecule has 0 aromatic carbocycles. The molecule has 0 aromatic heterocycles. The van der Waals surface area contributed by atoms with Crippen LogP contribution in [0.25, 0.3) is 0 Å². The van der Waals surface area contributed by atoms with E-state index in [1.165, 1.54) is 6.42 Å². The molecule has 80 valence electrons. The Kier molecular flexibility index (Phi) is 3.06. The average molecular weight is 196 g/mol. The molecule has 1 aliphatic heterocycles. The summed E-state index contributed by atoms with van der Waals surface area (Å²) in [6, 6.07) is 0.367. The van der Waals surface area contributed by atoms with Crippen LogP contribution >= 0.6 is 0 Å². The summed E-state index contributed by atoms with van der Waals surface area (Å²) in [7, 11) is 0. The molecule has 2 fully saturated rings. The predicted octanol–water partition coefficient (Wildman–Crippen LogP) is 0.901. The fourth-order valence-corrected chi connectivity index (χ4v) is 2.26. The molecule has 1 aliphatic carbocycles. The van der Waals surface area contributed by atoms with Gasteiger partial charge in [-0.3, -0.25) is 4.79 Å². The van der Waals surface area contributed by atoms with Gasteiger partial charge in [-0.1, -0.05) is 13.3 Å². The second-order valence-corrected chi connectivity index (χ2v) is 4.83. The van der Waals surface area contributed by atoms with Crippen molar-refractivity contribution >= 4 is 5.91 Å². The standard InChI is InChI=1S/C11H20N2O/c1-8-5-10(7-12-6-8)13-11(14)9-3-2-4-9/h8-10,12H,2-7H2,1H3,(H,13,14). The van der Waals surface area contributed by atoms with Gasteiger partial charge in [0.2, 0.25) is 5.91 Å².